The van der Waals surface area contributed by atoms with Gasteiger partial charge in [0.25, 0.3) is 0 Å². The number of rotatable bonds is 7. The van der Waals surface area contributed by atoms with Crippen LogP contribution >= 0.6 is 11.3 Å². The van der Waals surface area contributed by atoms with Gasteiger partial charge in [-0.25, -0.2) is 14.8 Å². The highest BCUT2D eigenvalue weighted by Crippen LogP contribution is 2.27. The second-order valence-electron chi connectivity index (χ2n) is 6.95. The highest BCUT2D eigenvalue weighted by molar-refractivity contribution is 7.17. The van der Waals surface area contributed by atoms with Crippen LogP contribution in [-0.4, -0.2) is 49.7 Å². The summed E-state index contributed by atoms with van der Waals surface area (Å²) in [6.45, 7) is 3.38. The van der Waals surface area contributed by atoms with E-state index in [2.05, 4.69) is 30.7 Å². The zero-order valence-corrected chi connectivity index (χ0v) is 17.9. The molecule has 11 nitrogen and oxygen atoms in total. The molecule has 0 aliphatic heterocycles. The summed E-state index contributed by atoms with van der Waals surface area (Å²) in [5.74, 6) is -0.108. The number of nitrogens with zero attached hydrogens (tertiary/aromatic N) is 4. The molecule has 0 unspecified atom stereocenters. The van der Waals surface area contributed by atoms with Crippen molar-refractivity contribution in [3.05, 3.63) is 46.9 Å². The number of nitrogens with two attached hydrogens (primary N) is 1. The maximum absolute atomic E-state index is 12.4. The van der Waals surface area contributed by atoms with Gasteiger partial charge in [-0.15, -0.1) is 0 Å². The van der Waals surface area contributed by atoms with Crippen LogP contribution < -0.4 is 16.4 Å². The molecule has 1 aromatic carbocycles. The molecule has 0 spiro atoms. The molecular formula is C20H19N7O4S. The third-order valence-corrected chi connectivity index (χ3v) is 5.66. The molecule has 5 N–H and O–H groups in total. The molecule has 3 aromatic heterocycles. The zero-order valence-electron chi connectivity index (χ0n) is 17.1. The van der Waals surface area contributed by atoms with Gasteiger partial charge in [0, 0.05) is 30.6 Å². The Hall–Kier alpha value is -3.90. The highest BCUT2D eigenvalue weighted by atomic mass is 32.1. The van der Waals surface area contributed by atoms with Crippen molar-refractivity contribution in [2.45, 2.75) is 19.9 Å². The lowest BCUT2D eigenvalue weighted by molar-refractivity contribution is -0.117. The van der Waals surface area contributed by atoms with Crippen LogP contribution in [0.2, 0.25) is 0 Å². The van der Waals surface area contributed by atoms with Gasteiger partial charge in [0.1, 0.15) is 16.7 Å². The molecule has 32 heavy (non-hydrogen) atoms. The van der Waals surface area contributed by atoms with E-state index in [-0.39, 0.29) is 16.6 Å². The number of thiazole rings is 1. The normalized spacial score (nSPS) is 12.0. The fourth-order valence-electron chi connectivity index (χ4n) is 3.01. The molecule has 0 aliphatic rings. The number of aromatic carboxylic acids is 1. The molecule has 0 aliphatic carbocycles. The molecular weight excluding hydrogens is 434 g/mol. The first kappa shape index (κ1) is 21.3. The molecule has 4 aromatic rings. The van der Waals surface area contributed by atoms with Crippen molar-refractivity contribution >= 4 is 44.9 Å². The summed E-state index contributed by atoms with van der Waals surface area (Å²) >= 11 is 0.880. The predicted molar refractivity (Wildman–Crippen MR) is 119 cm³/mol. The zero-order chi connectivity index (χ0) is 22.8. The Labute approximate surface area is 185 Å². The quantitative estimate of drug-likeness (QED) is 0.326. The van der Waals surface area contributed by atoms with Crippen LogP contribution in [0.15, 0.2) is 35.0 Å². The highest BCUT2D eigenvalue weighted by Gasteiger charge is 2.19. The second kappa shape index (κ2) is 8.69. The van der Waals surface area contributed by atoms with Crippen LogP contribution in [0.5, 0.6) is 0 Å². The van der Waals surface area contributed by atoms with Gasteiger partial charge in [-0.1, -0.05) is 28.6 Å². The van der Waals surface area contributed by atoms with Crippen molar-refractivity contribution < 1.29 is 19.2 Å². The van der Waals surface area contributed by atoms with Crippen LogP contribution in [0.3, 0.4) is 0 Å². The first-order valence-electron chi connectivity index (χ1n) is 9.52. The summed E-state index contributed by atoms with van der Waals surface area (Å²) < 4.78 is 5.05. The van der Waals surface area contributed by atoms with E-state index in [0.29, 0.717) is 23.2 Å². The third kappa shape index (κ3) is 4.40. The molecule has 0 fully saturated rings. The minimum Gasteiger partial charge on any atom is -0.477 e. The SMILES string of the molecule is Cc1nc(-c2ccc3ccnc(NC[C@H](N)C(=O)Nc4nc(C)c(C(=O)O)s4)c3c2)no1. The predicted octanol–water partition coefficient (Wildman–Crippen LogP) is 2.43. The first-order valence-corrected chi connectivity index (χ1v) is 10.3. The monoisotopic (exact) mass is 453 g/mol. The second-order valence-corrected chi connectivity index (χ2v) is 7.95. The van der Waals surface area contributed by atoms with Crippen LogP contribution in [0.25, 0.3) is 22.2 Å². The topological polar surface area (TPSA) is 169 Å². The number of amides is 1. The van der Waals surface area contributed by atoms with E-state index in [1.54, 1.807) is 20.0 Å². The van der Waals surface area contributed by atoms with Crippen molar-refractivity contribution in [2.24, 2.45) is 5.73 Å². The van der Waals surface area contributed by atoms with Crippen molar-refractivity contribution in [3.63, 3.8) is 0 Å². The lowest BCUT2D eigenvalue weighted by Gasteiger charge is -2.14. The number of nitrogens with one attached hydrogen (secondary N) is 2. The number of benzene rings is 1. The number of carbonyl (C=O) groups is 2. The number of anilines is 2. The first-order chi connectivity index (χ1) is 15.3. The van der Waals surface area contributed by atoms with Gasteiger partial charge in [0.15, 0.2) is 5.13 Å². The van der Waals surface area contributed by atoms with Crippen molar-refractivity contribution in [1.29, 1.82) is 0 Å². The maximum atomic E-state index is 12.4. The van der Waals surface area contributed by atoms with Crippen LogP contribution in [0.1, 0.15) is 21.3 Å². The molecule has 0 saturated heterocycles. The fraction of sp³-hybridized carbons (Fsp3) is 0.200. The number of carbonyl (C=O) groups excluding carboxylic acids is 1. The molecule has 12 heteroatoms. The molecule has 0 bridgehead atoms. The summed E-state index contributed by atoms with van der Waals surface area (Å²) in [6, 6.07) is 6.63. The Kier molecular flexibility index (Phi) is 5.79. The van der Waals surface area contributed by atoms with E-state index < -0.39 is 17.9 Å². The summed E-state index contributed by atoms with van der Waals surface area (Å²) in [6.07, 6.45) is 1.65. The van der Waals surface area contributed by atoms with E-state index in [1.165, 1.54) is 0 Å². The number of carboxylic acids is 1. The Balaban J connectivity index is 1.47. The molecule has 164 valence electrons. The van der Waals surface area contributed by atoms with E-state index in [1.807, 2.05) is 24.3 Å². The average molecular weight is 453 g/mol. The van der Waals surface area contributed by atoms with Gasteiger partial charge in [0.2, 0.25) is 17.6 Å². The number of hydrogen-bond donors (Lipinski definition) is 4. The number of carboxylic acid groups (broad SMARTS) is 1. The number of hydrogen-bond acceptors (Lipinski definition) is 10. The summed E-state index contributed by atoms with van der Waals surface area (Å²) in [7, 11) is 0. The molecule has 1 atom stereocenters. The van der Waals surface area contributed by atoms with Crippen LogP contribution in [-0.2, 0) is 4.79 Å². The van der Waals surface area contributed by atoms with Gasteiger partial charge in [0.05, 0.1) is 5.69 Å². The lowest BCUT2D eigenvalue weighted by atomic mass is 10.1. The van der Waals surface area contributed by atoms with E-state index in [9.17, 15) is 9.59 Å². The summed E-state index contributed by atoms with van der Waals surface area (Å²) in [4.78, 5) is 36.3. The number of pyridine rings is 1. The van der Waals surface area contributed by atoms with Gasteiger partial charge in [-0.2, -0.15) is 4.98 Å². The molecule has 3 heterocycles. The van der Waals surface area contributed by atoms with E-state index in [0.717, 1.165) is 27.7 Å². The maximum Gasteiger partial charge on any atom is 0.347 e. The Morgan fingerprint density at radius 2 is 2.06 bits per heavy atom. The van der Waals surface area contributed by atoms with Gasteiger partial charge >= 0.3 is 5.97 Å². The van der Waals surface area contributed by atoms with E-state index >= 15 is 0 Å². The number of fused-ring (bicyclic) bond motifs is 1. The van der Waals surface area contributed by atoms with Gasteiger partial charge < -0.3 is 26.0 Å². The van der Waals surface area contributed by atoms with Crippen LogP contribution in [0.4, 0.5) is 10.9 Å². The number of aromatic nitrogens is 4. The standard InChI is InChI=1S/C20H19N7O4S/c1-9-15(19(29)30)32-20(24-9)26-18(28)14(21)8-23-17-13-7-12(16-25-10(2)31-27-16)4-3-11(13)5-6-22-17/h3-7,14H,8,21H2,1-2H3,(H,22,23)(H,29,30)(H,24,26,28)/t14-/m0/s1. The molecule has 4 rings (SSSR count). The van der Waals surface area contributed by atoms with Crippen molar-refractivity contribution in [2.75, 3.05) is 17.2 Å². The van der Waals surface area contributed by atoms with Gasteiger partial charge in [-0.05, 0) is 24.4 Å². The summed E-state index contributed by atoms with van der Waals surface area (Å²) in [5, 5.41) is 20.6. The van der Waals surface area contributed by atoms with Gasteiger partial charge in [-0.3, -0.25) is 4.79 Å². The third-order valence-electron chi connectivity index (χ3n) is 4.60. The minimum absolute atomic E-state index is 0.0690. The number of aryl methyl sites for hydroxylation is 2. The molecule has 1 amide bonds. The Bertz CT molecular complexity index is 1320. The molecule has 0 saturated carbocycles. The van der Waals surface area contributed by atoms with E-state index in [4.69, 9.17) is 15.4 Å². The summed E-state index contributed by atoms with van der Waals surface area (Å²) in [5.41, 5.74) is 7.11. The average Bonchev–Trinajstić information content (AvgIpc) is 3.36. The Morgan fingerprint density at radius 1 is 1.25 bits per heavy atom. The lowest BCUT2D eigenvalue weighted by Crippen LogP contribution is -2.41. The smallest absolute Gasteiger partial charge is 0.347 e. The molecule has 0 radical (unpaired) electrons. The minimum atomic E-state index is -1.09. The van der Waals surface area contributed by atoms with Crippen LogP contribution in [0, 0.1) is 13.8 Å². The van der Waals surface area contributed by atoms with Crippen molar-refractivity contribution in [1.82, 2.24) is 20.1 Å². The largest absolute Gasteiger partial charge is 0.477 e. The van der Waals surface area contributed by atoms with Crippen molar-refractivity contribution in [3.8, 4) is 11.4 Å². The Morgan fingerprint density at radius 3 is 2.75 bits per heavy atom. The fourth-order valence-corrected chi connectivity index (χ4v) is 3.82.